The van der Waals surface area contributed by atoms with Gasteiger partial charge < -0.3 is 5.11 Å². The van der Waals surface area contributed by atoms with Gasteiger partial charge in [0, 0.05) is 12.6 Å². The van der Waals surface area contributed by atoms with E-state index in [0.29, 0.717) is 6.42 Å². The number of carboxylic acid groups (broad SMARTS) is 1. The fourth-order valence-corrected chi connectivity index (χ4v) is 1.49. The van der Waals surface area contributed by atoms with Crippen molar-refractivity contribution < 1.29 is 9.90 Å². The van der Waals surface area contributed by atoms with Gasteiger partial charge in [-0.3, -0.25) is 4.79 Å². The maximum Gasteiger partial charge on any atom is 0.306 e. The molecule has 1 unspecified atom stereocenters. The fourth-order valence-electron chi connectivity index (χ4n) is 1.49. The van der Waals surface area contributed by atoms with Crippen LogP contribution in [0.3, 0.4) is 0 Å². The van der Waals surface area contributed by atoms with E-state index in [9.17, 15) is 4.79 Å². The van der Waals surface area contributed by atoms with Crippen molar-refractivity contribution in [3.8, 4) is 0 Å². The number of hydrogen-bond acceptors (Lipinski definition) is 2. The summed E-state index contributed by atoms with van der Waals surface area (Å²) in [7, 11) is 0. The molecule has 15 heavy (non-hydrogen) atoms. The van der Waals surface area contributed by atoms with Crippen molar-refractivity contribution >= 4 is 11.5 Å². The highest BCUT2D eigenvalue weighted by Gasteiger charge is 2.13. The van der Waals surface area contributed by atoms with Gasteiger partial charge in [-0.2, -0.15) is 5.10 Å². The first-order valence-electron chi connectivity index (χ1n) is 4.83. The van der Waals surface area contributed by atoms with Crippen LogP contribution in [0.15, 0.2) is 30.5 Å². The minimum atomic E-state index is -0.785. The van der Waals surface area contributed by atoms with Crippen LogP contribution in [0.2, 0.25) is 0 Å². The Morgan fingerprint density at radius 2 is 2.40 bits per heavy atom. The molecule has 2 rings (SSSR count). The number of fused-ring (bicyclic) bond motifs is 1. The molecular weight excluding hydrogens is 192 g/mol. The van der Waals surface area contributed by atoms with E-state index in [-0.39, 0.29) is 0 Å². The van der Waals surface area contributed by atoms with E-state index in [1.807, 2.05) is 30.5 Å². The number of hydrogen-bond donors (Lipinski definition) is 1. The van der Waals surface area contributed by atoms with Gasteiger partial charge in [0.2, 0.25) is 0 Å². The molecule has 2 aromatic heterocycles. The highest BCUT2D eigenvalue weighted by atomic mass is 16.4. The molecule has 2 aromatic rings. The zero-order chi connectivity index (χ0) is 10.8. The van der Waals surface area contributed by atoms with Crippen LogP contribution in [0, 0.1) is 5.92 Å². The zero-order valence-corrected chi connectivity index (χ0v) is 8.42. The number of nitrogens with zero attached hydrogens (tertiary/aromatic N) is 2. The first-order chi connectivity index (χ1) is 7.16. The quantitative estimate of drug-likeness (QED) is 0.826. The molecule has 78 valence electrons. The van der Waals surface area contributed by atoms with Crippen molar-refractivity contribution in [3.05, 3.63) is 36.2 Å². The number of rotatable bonds is 3. The smallest absolute Gasteiger partial charge is 0.306 e. The molecule has 0 aliphatic heterocycles. The summed E-state index contributed by atoms with van der Waals surface area (Å²) >= 11 is 0. The summed E-state index contributed by atoms with van der Waals surface area (Å²) in [6.07, 6.45) is 2.32. The highest BCUT2D eigenvalue weighted by molar-refractivity contribution is 5.69. The average Bonchev–Trinajstić information content (AvgIpc) is 2.59. The van der Waals surface area contributed by atoms with Gasteiger partial charge in [0.25, 0.3) is 0 Å². The summed E-state index contributed by atoms with van der Waals surface area (Å²) in [4.78, 5) is 10.7. The van der Waals surface area contributed by atoms with E-state index in [0.717, 1.165) is 11.2 Å². The lowest BCUT2D eigenvalue weighted by atomic mass is 10.1. The van der Waals surface area contributed by atoms with Crippen LogP contribution in [-0.2, 0) is 11.2 Å². The summed E-state index contributed by atoms with van der Waals surface area (Å²) in [6, 6.07) is 7.69. The Hall–Kier alpha value is -1.84. The van der Waals surface area contributed by atoms with Crippen molar-refractivity contribution in [1.29, 1.82) is 0 Å². The monoisotopic (exact) mass is 204 g/mol. The Balaban J connectivity index is 2.26. The normalized spacial score (nSPS) is 12.9. The molecule has 4 nitrogen and oxygen atoms in total. The number of carboxylic acids is 1. The van der Waals surface area contributed by atoms with Crippen LogP contribution < -0.4 is 0 Å². The molecule has 1 N–H and O–H groups in total. The van der Waals surface area contributed by atoms with E-state index < -0.39 is 11.9 Å². The third kappa shape index (κ3) is 1.98. The second-order valence-electron chi connectivity index (χ2n) is 3.65. The zero-order valence-electron chi connectivity index (χ0n) is 8.42. The lowest BCUT2D eigenvalue weighted by molar-refractivity contribution is -0.141. The number of aromatic nitrogens is 2. The Morgan fingerprint density at radius 3 is 3.07 bits per heavy atom. The molecule has 0 amide bonds. The number of aliphatic carboxylic acids is 1. The molecule has 0 bridgehead atoms. The molecule has 0 aliphatic carbocycles. The van der Waals surface area contributed by atoms with Gasteiger partial charge in [-0.15, -0.1) is 0 Å². The highest BCUT2D eigenvalue weighted by Crippen LogP contribution is 2.10. The Bertz CT molecular complexity index is 457. The Morgan fingerprint density at radius 1 is 1.60 bits per heavy atom. The second-order valence-corrected chi connectivity index (χ2v) is 3.65. The van der Waals surface area contributed by atoms with Crippen LogP contribution in [0.4, 0.5) is 0 Å². The van der Waals surface area contributed by atoms with Crippen molar-refractivity contribution in [2.75, 3.05) is 0 Å². The van der Waals surface area contributed by atoms with Crippen LogP contribution in [-0.4, -0.2) is 20.7 Å². The molecule has 4 heteroatoms. The molecule has 0 saturated carbocycles. The van der Waals surface area contributed by atoms with Gasteiger partial charge in [0.15, 0.2) is 0 Å². The first kappa shape index (κ1) is 9.71. The molecule has 0 radical (unpaired) electrons. The third-order valence-corrected chi connectivity index (χ3v) is 2.36. The minimum absolute atomic E-state index is 0.394. The standard InChI is InChI=1S/C11H12N2O2/c1-8(11(14)15)6-9-7-10-4-2-3-5-13(10)12-9/h2-5,7-8H,6H2,1H3,(H,14,15). The summed E-state index contributed by atoms with van der Waals surface area (Å²) < 4.78 is 1.75. The van der Waals surface area contributed by atoms with Gasteiger partial charge >= 0.3 is 5.97 Å². The lowest BCUT2D eigenvalue weighted by Crippen LogP contribution is -2.12. The Labute approximate surface area is 87.2 Å². The molecule has 0 fully saturated rings. The van der Waals surface area contributed by atoms with E-state index >= 15 is 0 Å². The van der Waals surface area contributed by atoms with E-state index in [1.165, 1.54) is 0 Å². The minimum Gasteiger partial charge on any atom is -0.481 e. The topological polar surface area (TPSA) is 54.6 Å². The molecule has 0 spiro atoms. The molecular formula is C11H12N2O2. The van der Waals surface area contributed by atoms with Gasteiger partial charge in [-0.1, -0.05) is 13.0 Å². The van der Waals surface area contributed by atoms with Crippen LogP contribution >= 0.6 is 0 Å². The first-order valence-corrected chi connectivity index (χ1v) is 4.83. The van der Waals surface area contributed by atoms with Crippen LogP contribution in [0.5, 0.6) is 0 Å². The van der Waals surface area contributed by atoms with Crippen molar-refractivity contribution in [2.45, 2.75) is 13.3 Å². The average molecular weight is 204 g/mol. The molecule has 0 aromatic carbocycles. The number of carbonyl (C=O) groups is 1. The fraction of sp³-hybridized carbons (Fsp3) is 0.273. The SMILES string of the molecule is CC(Cc1cc2ccccn2n1)C(=O)O. The van der Waals surface area contributed by atoms with Crippen molar-refractivity contribution in [2.24, 2.45) is 5.92 Å². The van der Waals surface area contributed by atoms with Crippen LogP contribution in [0.1, 0.15) is 12.6 Å². The van der Waals surface area contributed by atoms with Crippen molar-refractivity contribution in [1.82, 2.24) is 9.61 Å². The summed E-state index contributed by atoms with van der Waals surface area (Å²) in [5, 5.41) is 13.1. The van der Waals surface area contributed by atoms with Gasteiger partial charge in [0.1, 0.15) is 0 Å². The predicted octanol–water partition coefficient (Wildman–Crippen LogP) is 1.60. The predicted molar refractivity (Wildman–Crippen MR) is 55.7 cm³/mol. The van der Waals surface area contributed by atoms with E-state index in [2.05, 4.69) is 5.10 Å². The summed E-state index contributed by atoms with van der Waals surface area (Å²) in [5.41, 5.74) is 1.81. The summed E-state index contributed by atoms with van der Waals surface area (Å²) in [5.74, 6) is -1.18. The van der Waals surface area contributed by atoms with Gasteiger partial charge in [-0.25, -0.2) is 4.52 Å². The van der Waals surface area contributed by atoms with E-state index in [4.69, 9.17) is 5.11 Å². The molecule has 0 aliphatic rings. The Kier molecular flexibility index (Phi) is 2.41. The van der Waals surface area contributed by atoms with Crippen molar-refractivity contribution in [3.63, 3.8) is 0 Å². The molecule has 0 saturated heterocycles. The maximum absolute atomic E-state index is 10.7. The van der Waals surface area contributed by atoms with E-state index in [1.54, 1.807) is 11.4 Å². The number of pyridine rings is 1. The second kappa shape index (κ2) is 3.73. The van der Waals surface area contributed by atoms with Crippen LogP contribution in [0.25, 0.3) is 5.52 Å². The van der Waals surface area contributed by atoms with Gasteiger partial charge in [-0.05, 0) is 18.2 Å². The molecule has 2 heterocycles. The molecule has 1 atom stereocenters. The largest absolute Gasteiger partial charge is 0.481 e. The maximum atomic E-state index is 10.7. The third-order valence-electron chi connectivity index (χ3n) is 2.36. The lowest BCUT2D eigenvalue weighted by Gasteiger charge is -2.01. The summed E-state index contributed by atoms with van der Waals surface area (Å²) in [6.45, 7) is 1.69. The van der Waals surface area contributed by atoms with Gasteiger partial charge in [0.05, 0.1) is 17.1 Å².